The number of aliphatic imine (C=N–C) groups is 1. The third kappa shape index (κ3) is 3.71. The van der Waals surface area contributed by atoms with Gasteiger partial charge in [0.2, 0.25) is 5.91 Å². The van der Waals surface area contributed by atoms with Gasteiger partial charge >= 0.3 is 6.29 Å². The Kier molecular flexibility index (Phi) is 4.69. The Morgan fingerprint density at radius 2 is 1.97 bits per heavy atom. The number of anilines is 1. The molecule has 0 N–H and O–H groups in total. The van der Waals surface area contributed by atoms with E-state index in [0.717, 1.165) is 4.68 Å². The molecule has 0 fully saturated rings. The van der Waals surface area contributed by atoms with Crippen molar-refractivity contribution in [2.75, 3.05) is 11.9 Å². The van der Waals surface area contributed by atoms with Gasteiger partial charge in [-0.1, -0.05) is 12.1 Å². The Bertz CT molecular complexity index is 1390. The normalized spacial score (nSPS) is 14.9. The number of rotatable bonds is 4. The number of alkyl halides is 2. The van der Waals surface area contributed by atoms with Crippen LogP contribution in [0.2, 0.25) is 0 Å². The molecule has 0 spiro atoms. The molecule has 1 aromatic heterocycles. The highest BCUT2D eigenvalue weighted by Crippen LogP contribution is 2.42. The van der Waals surface area contributed by atoms with Gasteiger partial charge in [-0.15, -0.1) is 8.78 Å². The molecule has 11 heteroatoms. The first-order valence-electron chi connectivity index (χ1n) is 9.81. The molecule has 0 saturated heterocycles. The number of hydrogen-bond donors (Lipinski definition) is 0. The third-order valence-electron chi connectivity index (χ3n) is 5.27. The van der Waals surface area contributed by atoms with E-state index in [1.807, 2.05) is 0 Å². The maximum Gasteiger partial charge on any atom is 0.586 e. The molecule has 3 aromatic rings. The van der Waals surface area contributed by atoms with Crippen LogP contribution < -0.4 is 19.9 Å². The zero-order chi connectivity index (χ0) is 23.3. The minimum Gasteiger partial charge on any atom is -0.395 e. The molecule has 0 unspecified atom stereocenters. The minimum atomic E-state index is -3.78. The highest BCUT2D eigenvalue weighted by Gasteiger charge is 2.43. The molecule has 3 heterocycles. The van der Waals surface area contributed by atoms with Gasteiger partial charge in [0.1, 0.15) is 18.1 Å². The molecular formula is C22H15F3N4O4. The fourth-order valence-electron chi connectivity index (χ4n) is 3.63. The fraction of sp³-hybridized carbons (Fsp3) is 0.182. The van der Waals surface area contributed by atoms with Gasteiger partial charge in [0.25, 0.3) is 5.56 Å². The Labute approximate surface area is 184 Å². The number of ether oxygens (including phenoxy) is 2. The van der Waals surface area contributed by atoms with E-state index in [-0.39, 0.29) is 29.3 Å². The molecule has 2 aliphatic rings. The molecule has 2 aromatic carbocycles. The second-order valence-electron chi connectivity index (χ2n) is 7.42. The van der Waals surface area contributed by atoms with Gasteiger partial charge < -0.3 is 14.4 Å². The summed E-state index contributed by atoms with van der Waals surface area (Å²) in [6, 6.07) is 9.59. The quantitative estimate of drug-likeness (QED) is 0.602. The molecule has 33 heavy (non-hydrogen) atoms. The Balaban J connectivity index is 1.46. The zero-order valence-electron chi connectivity index (χ0n) is 17.1. The number of carbonyl (C=O) groups excluding carboxylic acids is 1. The topological polar surface area (TPSA) is 86.0 Å². The number of likely N-dealkylation sites (N-methyl/N-ethyl adjacent to an activating group) is 1. The first kappa shape index (κ1) is 20.7. The van der Waals surface area contributed by atoms with Crippen LogP contribution in [0.25, 0.3) is 11.3 Å². The highest BCUT2D eigenvalue weighted by atomic mass is 19.3. The average Bonchev–Trinajstić information content (AvgIpc) is 3.37. The standard InChI is InChI=1S/C22H15F3N4O4/c1-28(14-5-6-16-17(10-14)33-22(24,25)32-16)18(30)11-29-21(31)15-7-8-26-20(15)19(27-29)12-3-2-4-13(23)9-12/h2-6,8-10H,7,11H2,1H3. The van der Waals surface area contributed by atoms with Crippen LogP contribution in [0.3, 0.4) is 0 Å². The zero-order valence-corrected chi connectivity index (χ0v) is 17.1. The van der Waals surface area contributed by atoms with Crippen molar-refractivity contribution in [3.8, 4) is 22.8 Å². The van der Waals surface area contributed by atoms with E-state index in [9.17, 15) is 22.8 Å². The molecule has 0 radical (unpaired) electrons. The van der Waals surface area contributed by atoms with Crippen LogP contribution >= 0.6 is 0 Å². The molecule has 0 atom stereocenters. The maximum atomic E-state index is 13.8. The first-order chi connectivity index (χ1) is 15.7. The Hall–Kier alpha value is -4.15. The molecule has 2 aliphatic heterocycles. The lowest BCUT2D eigenvalue weighted by Gasteiger charge is -2.18. The van der Waals surface area contributed by atoms with Crippen LogP contribution in [0.1, 0.15) is 5.56 Å². The SMILES string of the molecule is CN(C(=O)Cn1nc(-c2cccc(F)c2)c2c(c1=O)CC=N2)c1ccc2c(c1)OC(F)(F)O2. The second kappa shape index (κ2) is 7.47. The number of hydrogen-bond acceptors (Lipinski definition) is 6. The van der Waals surface area contributed by atoms with Crippen LogP contribution in [-0.4, -0.2) is 35.2 Å². The van der Waals surface area contributed by atoms with E-state index >= 15 is 0 Å². The number of halogens is 3. The average molecular weight is 456 g/mol. The maximum absolute atomic E-state index is 13.8. The Morgan fingerprint density at radius 3 is 2.76 bits per heavy atom. The van der Waals surface area contributed by atoms with Crippen LogP contribution in [0.4, 0.5) is 24.5 Å². The van der Waals surface area contributed by atoms with Crippen molar-refractivity contribution < 1.29 is 27.4 Å². The highest BCUT2D eigenvalue weighted by molar-refractivity contribution is 5.93. The number of amides is 1. The van der Waals surface area contributed by atoms with E-state index in [1.54, 1.807) is 12.3 Å². The van der Waals surface area contributed by atoms with Crippen LogP contribution in [0.15, 0.2) is 52.3 Å². The van der Waals surface area contributed by atoms with Crippen molar-refractivity contribution in [1.29, 1.82) is 0 Å². The van der Waals surface area contributed by atoms with Gasteiger partial charge in [0, 0.05) is 37.0 Å². The summed E-state index contributed by atoms with van der Waals surface area (Å²) in [6.45, 7) is -0.435. The lowest BCUT2D eigenvalue weighted by atomic mass is 10.1. The number of carbonyl (C=O) groups is 1. The Morgan fingerprint density at radius 1 is 1.18 bits per heavy atom. The number of nitrogens with zero attached hydrogens (tertiary/aromatic N) is 4. The molecule has 1 amide bonds. The number of fused-ring (bicyclic) bond motifs is 2. The molecule has 168 valence electrons. The summed E-state index contributed by atoms with van der Waals surface area (Å²) in [4.78, 5) is 31.2. The summed E-state index contributed by atoms with van der Waals surface area (Å²) >= 11 is 0. The van der Waals surface area contributed by atoms with E-state index in [0.29, 0.717) is 16.8 Å². The van der Waals surface area contributed by atoms with Crippen LogP contribution in [0.5, 0.6) is 11.5 Å². The molecular weight excluding hydrogens is 441 g/mol. The summed E-state index contributed by atoms with van der Waals surface area (Å²) in [5.41, 5.74) is 1.15. The van der Waals surface area contributed by atoms with Gasteiger partial charge in [-0.3, -0.25) is 14.6 Å². The summed E-state index contributed by atoms with van der Waals surface area (Å²) in [5.74, 6) is -1.39. The fourth-order valence-corrected chi connectivity index (χ4v) is 3.63. The molecule has 8 nitrogen and oxygen atoms in total. The van der Waals surface area contributed by atoms with Crippen molar-refractivity contribution in [3.63, 3.8) is 0 Å². The molecule has 0 saturated carbocycles. The second-order valence-corrected chi connectivity index (χ2v) is 7.42. The van der Waals surface area contributed by atoms with Crippen molar-refractivity contribution in [2.45, 2.75) is 19.3 Å². The van der Waals surface area contributed by atoms with Crippen molar-refractivity contribution in [2.24, 2.45) is 4.99 Å². The van der Waals surface area contributed by atoms with E-state index < -0.39 is 30.1 Å². The van der Waals surface area contributed by atoms with E-state index in [4.69, 9.17) is 0 Å². The van der Waals surface area contributed by atoms with Gasteiger partial charge in [0.15, 0.2) is 11.5 Å². The largest absolute Gasteiger partial charge is 0.586 e. The first-order valence-corrected chi connectivity index (χ1v) is 9.81. The molecule has 0 bridgehead atoms. The van der Waals surface area contributed by atoms with Gasteiger partial charge in [0.05, 0.1) is 11.3 Å². The predicted molar refractivity (Wildman–Crippen MR) is 112 cm³/mol. The summed E-state index contributed by atoms with van der Waals surface area (Å²) in [6.07, 6.45) is -1.96. The minimum absolute atomic E-state index is 0.152. The lowest BCUT2D eigenvalue weighted by molar-refractivity contribution is -0.286. The van der Waals surface area contributed by atoms with E-state index in [2.05, 4.69) is 19.6 Å². The van der Waals surface area contributed by atoms with Crippen LogP contribution in [0, 0.1) is 5.82 Å². The predicted octanol–water partition coefficient (Wildman–Crippen LogP) is 3.29. The number of benzene rings is 2. The molecule has 5 rings (SSSR count). The summed E-state index contributed by atoms with van der Waals surface area (Å²) < 4.78 is 50.1. The monoisotopic (exact) mass is 456 g/mol. The summed E-state index contributed by atoms with van der Waals surface area (Å²) in [7, 11) is 1.42. The van der Waals surface area contributed by atoms with Gasteiger partial charge in [-0.2, -0.15) is 5.10 Å². The lowest BCUT2D eigenvalue weighted by Crippen LogP contribution is -2.36. The van der Waals surface area contributed by atoms with Crippen LogP contribution in [-0.2, 0) is 17.8 Å². The van der Waals surface area contributed by atoms with Crippen molar-refractivity contribution in [1.82, 2.24) is 9.78 Å². The van der Waals surface area contributed by atoms with E-state index in [1.165, 1.54) is 48.3 Å². The molecule has 0 aliphatic carbocycles. The van der Waals surface area contributed by atoms with Gasteiger partial charge in [-0.25, -0.2) is 9.07 Å². The summed E-state index contributed by atoms with van der Waals surface area (Å²) in [5, 5.41) is 4.28. The van der Waals surface area contributed by atoms with Gasteiger partial charge in [-0.05, 0) is 24.3 Å². The smallest absolute Gasteiger partial charge is 0.395 e. The third-order valence-corrected chi connectivity index (χ3v) is 5.27. The van der Waals surface area contributed by atoms with Crippen molar-refractivity contribution in [3.05, 3.63) is 64.2 Å². The van der Waals surface area contributed by atoms with Crippen molar-refractivity contribution >= 4 is 23.5 Å². The number of aromatic nitrogens is 2.